The third kappa shape index (κ3) is 1.71. The maximum absolute atomic E-state index is 12.5. The Kier molecular flexibility index (Phi) is 2.28. The molecule has 64 valence electrons. The highest BCUT2D eigenvalue weighted by atomic mass is 32.3. The quantitative estimate of drug-likeness (QED) is 0.662. The van der Waals surface area contributed by atoms with E-state index < -0.39 is 10.2 Å². The molecule has 0 aliphatic heterocycles. The molecule has 0 bridgehead atoms. The van der Waals surface area contributed by atoms with Gasteiger partial charge in [-0.1, -0.05) is 30.9 Å². The zero-order valence-corrected chi connectivity index (χ0v) is 7.01. The van der Waals surface area contributed by atoms with Crippen molar-refractivity contribution in [3.63, 3.8) is 0 Å². The molecule has 0 fully saturated rings. The van der Waals surface area contributed by atoms with E-state index in [-0.39, 0.29) is 10.5 Å². The molecule has 4 heteroatoms. The molecule has 1 aromatic carbocycles. The molecule has 1 rings (SSSR count). The highest BCUT2D eigenvalue weighted by Crippen LogP contribution is 2.17. The zero-order valence-electron chi connectivity index (χ0n) is 6.20. The lowest BCUT2D eigenvalue weighted by molar-refractivity contribution is 0.552. The molecule has 0 saturated heterocycles. The zero-order chi connectivity index (χ0) is 9.19. The minimum atomic E-state index is -4.62. The van der Waals surface area contributed by atoms with Crippen molar-refractivity contribution in [2.45, 2.75) is 4.90 Å². The second-order valence-corrected chi connectivity index (χ2v) is 3.50. The summed E-state index contributed by atoms with van der Waals surface area (Å²) in [5.41, 5.74) is 0.278. The van der Waals surface area contributed by atoms with Crippen LogP contribution in [0.15, 0.2) is 35.7 Å². The SMILES string of the molecule is C=Cc1ccccc1S(=O)(=O)F. The fourth-order valence-electron chi connectivity index (χ4n) is 0.871. The summed E-state index contributed by atoms with van der Waals surface area (Å²) in [7, 11) is -4.62. The Morgan fingerprint density at radius 2 is 1.92 bits per heavy atom. The van der Waals surface area contributed by atoms with Crippen molar-refractivity contribution in [2.75, 3.05) is 0 Å². The molecule has 12 heavy (non-hydrogen) atoms. The van der Waals surface area contributed by atoms with Gasteiger partial charge >= 0.3 is 10.2 Å². The van der Waals surface area contributed by atoms with Crippen molar-refractivity contribution in [3.8, 4) is 0 Å². The van der Waals surface area contributed by atoms with Gasteiger partial charge in [-0.2, -0.15) is 8.42 Å². The van der Waals surface area contributed by atoms with Crippen LogP contribution in [0.3, 0.4) is 0 Å². The van der Waals surface area contributed by atoms with E-state index >= 15 is 0 Å². The number of halogens is 1. The summed E-state index contributed by atoms with van der Waals surface area (Å²) in [6.45, 7) is 3.37. The van der Waals surface area contributed by atoms with E-state index in [1.165, 1.54) is 24.3 Å². The molecule has 0 spiro atoms. The van der Waals surface area contributed by atoms with Crippen molar-refractivity contribution < 1.29 is 12.3 Å². The van der Waals surface area contributed by atoms with Gasteiger partial charge in [0, 0.05) is 0 Å². The number of hydrogen-bond donors (Lipinski definition) is 0. The first kappa shape index (κ1) is 8.93. The van der Waals surface area contributed by atoms with Crippen LogP contribution in [0, 0.1) is 0 Å². The van der Waals surface area contributed by atoms with E-state index in [4.69, 9.17) is 0 Å². The Hall–Kier alpha value is -1.16. The molecule has 2 nitrogen and oxygen atoms in total. The van der Waals surface area contributed by atoms with Gasteiger partial charge in [0.2, 0.25) is 0 Å². The second-order valence-electron chi connectivity index (χ2n) is 2.18. The van der Waals surface area contributed by atoms with Gasteiger partial charge in [-0.15, -0.1) is 3.89 Å². The summed E-state index contributed by atoms with van der Waals surface area (Å²) in [5, 5.41) is 0. The largest absolute Gasteiger partial charge is 0.332 e. The summed E-state index contributed by atoms with van der Waals surface area (Å²) >= 11 is 0. The van der Waals surface area contributed by atoms with Crippen LogP contribution in [-0.2, 0) is 10.2 Å². The van der Waals surface area contributed by atoms with Gasteiger partial charge in [-0.25, -0.2) is 0 Å². The average Bonchev–Trinajstić information content (AvgIpc) is 2.03. The van der Waals surface area contributed by atoms with Crippen molar-refractivity contribution >= 4 is 16.3 Å². The standard InChI is InChI=1S/C8H7FO2S/c1-2-7-5-3-4-6-8(7)12(9,10)11/h2-6H,1H2. The lowest BCUT2D eigenvalue weighted by Gasteiger charge is -1.98. The Bertz CT molecular complexity index is 395. The summed E-state index contributed by atoms with van der Waals surface area (Å²) in [6.07, 6.45) is 1.30. The molecule has 0 aromatic heterocycles. The first-order valence-electron chi connectivity index (χ1n) is 3.22. The van der Waals surface area contributed by atoms with Crippen molar-refractivity contribution in [2.24, 2.45) is 0 Å². The van der Waals surface area contributed by atoms with Crippen LogP contribution >= 0.6 is 0 Å². The maximum atomic E-state index is 12.5. The molecule has 0 aliphatic carbocycles. The molecule has 0 heterocycles. The van der Waals surface area contributed by atoms with E-state index in [9.17, 15) is 12.3 Å². The molecule has 0 amide bonds. The minimum absolute atomic E-state index is 0.278. The molecular weight excluding hydrogens is 179 g/mol. The number of rotatable bonds is 2. The van der Waals surface area contributed by atoms with Crippen LogP contribution in [-0.4, -0.2) is 8.42 Å². The molecule has 0 aliphatic rings. The van der Waals surface area contributed by atoms with Crippen molar-refractivity contribution in [1.29, 1.82) is 0 Å². The predicted molar refractivity (Wildman–Crippen MR) is 44.8 cm³/mol. The highest BCUT2D eigenvalue weighted by molar-refractivity contribution is 7.86. The van der Waals surface area contributed by atoms with Crippen molar-refractivity contribution in [3.05, 3.63) is 36.4 Å². The Balaban J connectivity index is 3.43. The molecule has 0 atom stereocenters. The number of hydrogen-bond acceptors (Lipinski definition) is 2. The van der Waals surface area contributed by atoms with Gasteiger partial charge in [0.05, 0.1) is 0 Å². The van der Waals surface area contributed by atoms with Crippen LogP contribution in [0.4, 0.5) is 3.89 Å². The molecule has 0 N–H and O–H groups in total. The Labute approximate surface area is 70.6 Å². The average molecular weight is 186 g/mol. The molecule has 1 aromatic rings. The molecule has 0 saturated carbocycles. The van der Waals surface area contributed by atoms with Crippen LogP contribution in [0.25, 0.3) is 6.08 Å². The topological polar surface area (TPSA) is 34.1 Å². The van der Waals surface area contributed by atoms with Crippen molar-refractivity contribution in [1.82, 2.24) is 0 Å². The fraction of sp³-hybridized carbons (Fsp3) is 0. The third-order valence-electron chi connectivity index (χ3n) is 1.40. The van der Waals surface area contributed by atoms with E-state index in [2.05, 4.69) is 6.58 Å². The third-order valence-corrected chi connectivity index (χ3v) is 2.30. The monoisotopic (exact) mass is 186 g/mol. The smallest absolute Gasteiger partial charge is 0.189 e. The Morgan fingerprint density at radius 1 is 1.33 bits per heavy atom. The molecule has 0 unspecified atom stereocenters. The first-order chi connectivity index (χ1) is 5.55. The van der Waals surface area contributed by atoms with Gasteiger partial charge in [0.1, 0.15) is 4.90 Å². The van der Waals surface area contributed by atoms with Gasteiger partial charge < -0.3 is 0 Å². The summed E-state index contributed by atoms with van der Waals surface area (Å²) in [4.78, 5) is -0.333. The molecule has 0 radical (unpaired) electrons. The van der Waals surface area contributed by atoms with Crippen LogP contribution < -0.4 is 0 Å². The van der Waals surface area contributed by atoms with Crippen LogP contribution in [0.1, 0.15) is 5.56 Å². The number of benzene rings is 1. The lowest BCUT2D eigenvalue weighted by atomic mass is 10.2. The van der Waals surface area contributed by atoms with E-state index in [1.807, 2.05) is 0 Å². The van der Waals surface area contributed by atoms with Gasteiger partial charge in [0.15, 0.2) is 0 Å². The lowest BCUT2D eigenvalue weighted by Crippen LogP contribution is -1.94. The van der Waals surface area contributed by atoms with Gasteiger partial charge in [0.25, 0.3) is 0 Å². The van der Waals surface area contributed by atoms with Crippen LogP contribution in [0.2, 0.25) is 0 Å². The van der Waals surface area contributed by atoms with E-state index in [0.717, 1.165) is 0 Å². The first-order valence-corrected chi connectivity index (χ1v) is 4.60. The summed E-state index contributed by atoms with van der Waals surface area (Å²) in [6, 6.07) is 5.76. The van der Waals surface area contributed by atoms with E-state index in [0.29, 0.717) is 0 Å². The Morgan fingerprint density at radius 3 is 2.33 bits per heavy atom. The molecular formula is C8H7FO2S. The van der Waals surface area contributed by atoms with Crippen LogP contribution in [0.5, 0.6) is 0 Å². The van der Waals surface area contributed by atoms with Gasteiger partial charge in [-0.05, 0) is 11.6 Å². The highest BCUT2D eigenvalue weighted by Gasteiger charge is 2.13. The predicted octanol–water partition coefficient (Wildman–Crippen LogP) is 1.99. The summed E-state index contributed by atoms with van der Waals surface area (Å²) < 4.78 is 33.5. The second kappa shape index (κ2) is 3.06. The normalized spacial score (nSPS) is 11.1. The minimum Gasteiger partial charge on any atom is -0.189 e. The van der Waals surface area contributed by atoms with Gasteiger partial charge in [-0.3, -0.25) is 0 Å². The maximum Gasteiger partial charge on any atom is 0.332 e. The summed E-state index contributed by atoms with van der Waals surface area (Å²) in [5.74, 6) is 0. The fourth-order valence-corrected chi connectivity index (χ4v) is 1.55. The van der Waals surface area contributed by atoms with E-state index in [1.54, 1.807) is 6.07 Å².